The fourth-order valence-electron chi connectivity index (χ4n) is 2.66. The van der Waals surface area contributed by atoms with E-state index < -0.39 is 5.97 Å². The zero-order valence-corrected chi connectivity index (χ0v) is 16.2. The van der Waals surface area contributed by atoms with Gasteiger partial charge in [-0.05, 0) is 43.3 Å². The first-order valence-electron chi connectivity index (χ1n) is 9.01. The Balaban J connectivity index is 1.59. The minimum absolute atomic E-state index is 0.172. The van der Waals surface area contributed by atoms with Crippen LogP contribution in [0.1, 0.15) is 16.2 Å². The van der Waals surface area contributed by atoms with Crippen LogP contribution in [0.4, 0.5) is 17.3 Å². The molecule has 29 heavy (non-hydrogen) atoms. The van der Waals surface area contributed by atoms with E-state index in [0.717, 1.165) is 11.5 Å². The number of anilines is 3. The summed E-state index contributed by atoms with van der Waals surface area (Å²) in [5, 5.41) is 15.5. The molecule has 0 aliphatic carbocycles. The van der Waals surface area contributed by atoms with Crippen molar-refractivity contribution in [3.8, 4) is 11.5 Å². The SMILES string of the molecule is COc1ccc(OCCNc2cc(Nc3ccccc3C(=O)O)nc(C)n2)cc1. The van der Waals surface area contributed by atoms with Gasteiger partial charge in [-0.25, -0.2) is 14.8 Å². The van der Waals surface area contributed by atoms with Gasteiger partial charge in [-0.1, -0.05) is 12.1 Å². The Morgan fingerprint density at radius 1 is 1.03 bits per heavy atom. The molecule has 0 fully saturated rings. The van der Waals surface area contributed by atoms with Crippen LogP contribution in [0.15, 0.2) is 54.6 Å². The van der Waals surface area contributed by atoms with Gasteiger partial charge in [-0.2, -0.15) is 0 Å². The lowest BCUT2D eigenvalue weighted by Crippen LogP contribution is -2.13. The predicted molar refractivity (Wildman–Crippen MR) is 110 cm³/mol. The Labute approximate surface area is 168 Å². The van der Waals surface area contributed by atoms with E-state index in [9.17, 15) is 9.90 Å². The molecule has 0 spiro atoms. The van der Waals surface area contributed by atoms with E-state index in [2.05, 4.69) is 20.6 Å². The van der Waals surface area contributed by atoms with E-state index in [-0.39, 0.29) is 5.56 Å². The molecular weight excluding hydrogens is 372 g/mol. The summed E-state index contributed by atoms with van der Waals surface area (Å²) in [5.74, 6) is 2.20. The number of ether oxygens (including phenoxy) is 2. The number of aryl methyl sites for hydroxylation is 1. The van der Waals surface area contributed by atoms with E-state index in [1.807, 2.05) is 24.3 Å². The number of benzene rings is 2. The number of para-hydroxylation sites is 1. The number of hydrogen-bond acceptors (Lipinski definition) is 7. The lowest BCUT2D eigenvalue weighted by molar-refractivity contribution is 0.0698. The van der Waals surface area contributed by atoms with Gasteiger partial charge in [0.2, 0.25) is 0 Å². The van der Waals surface area contributed by atoms with Crippen LogP contribution in [-0.2, 0) is 0 Å². The molecule has 0 amide bonds. The summed E-state index contributed by atoms with van der Waals surface area (Å²) >= 11 is 0. The summed E-state index contributed by atoms with van der Waals surface area (Å²) in [6, 6.07) is 15.7. The normalized spacial score (nSPS) is 10.3. The summed E-state index contributed by atoms with van der Waals surface area (Å²) in [6.45, 7) is 2.75. The largest absolute Gasteiger partial charge is 0.497 e. The maximum atomic E-state index is 11.4. The summed E-state index contributed by atoms with van der Waals surface area (Å²) in [6.07, 6.45) is 0. The van der Waals surface area contributed by atoms with Crippen molar-refractivity contribution < 1.29 is 19.4 Å². The van der Waals surface area contributed by atoms with Crippen molar-refractivity contribution in [3.63, 3.8) is 0 Å². The lowest BCUT2D eigenvalue weighted by atomic mass is 10.2. The number of methoxy groups -OCH3 is 1. The number of carbonyl (C=O) groups is 1. The minimum Gasteiger partial charge on any atom is -0.497 e. The monoisotopic (exact) mass is 394 g/mol. The highest BCUT2D eigenvalue weighted by molar-refractivity contribution is 5.95. The van der Waals surface area contributed by atoms with Crippen LogP contribution < -0.4 is 20.1 Å². The number of aromatic nitrogens is 2. The Hall–Kier alpha value is -3.81. The fraction of sp³-hybridized carbons (Fsp3) is 0.190. The van der Waals surface area contributed by atoms with Crippen molar-refractivity contribution >= 4 is 23.3 Å². The molecule has 0 saturated heterocycles. The highest BCUT2D eigenvalue weighted by Crippen LogP contribution is 2.21. The second-order valence-corrected chi connectivity index (χ2v) is 6.11. The third kappa shape index (κ3) is 5.58. The number of nitrogens with one attached hydrogen (secondary N) is 2. The first kappa shape index (κ1) is 19.9. The topological polar surface area (TPSA) is 106 Å². The summed E-state index contributed by atoms with van der Waals surface area (Å²) < 4.78 is 10.8. The van der Waals surface area contributed by atoms with Gasteiger partial charge in [0.1, 0.15) is 35.6 Å². The maximum Gasteiger partial charge on any atom is 0.337 e. The first-order chi connectivity index (χ1) is 14.0. The lowest BCUT2D eigenvalue weighted by Gasteiger charge is -2.12. The Morgan fingerprint density at radius 3 is 2.45 bits per heavy atom. The molecule has 8 heteroatoms. The first-order valence-corrected chi connectivity index (χ1v) is 9.01. The van der Waals surface area contributed by atoms with Crippen molar-refractivity contribution in [2.24, 2.45) is 0 Å². The van der Waals surface area contributed by atoms with Gasteiger partial charge in [-0.3, -0.25) is 0 Å². The quantitative estimate of drug-likeness (QED) is 0.472. The molecule has 3 aromatic rings. The van der Waals surface area contributed by atoms with Gasteiger partial charge < -0.3 is 25.2 Å². The number of hydrogen-bond donors (Lipinski definition) is 3. The molecule has 0 atom stereocenters. The average molecular weight is 394 g/mol. The van der Waals surface area contributed by atoms with Gasteiger partial charge in [0.05, 0.1) is 24.9 Å². The molecule has 0 aliphatic rings. The molecule has 0 unspecified atom stereocenters. The van der Waals surface area contributed by atoms with Crippen LogP contribution in [0.5, 0.6) is 11.5 Å². The molecular formula is C21H22N4O4. The van der Waals surface area contributed by atoms with Crippen LogP contribution in [0.3, 0.4) is 0 Å². The summed E-state index contributed by atoms with van der Waals surface area (Å²) in [4.78, 5) is 20.0. The van der Waals surface area contributed by atoms with E-state index in [0.29, 0.717) is 36.3 Å². The number of aromatic carboxylic acids is 1. The van der Waals surface area contributed by atoms with Gasteiger partial charge >= 0.3 is 5.97 Å². The standard InChI is InChI=1S/C21H22N4O4/c1-14-23-19(22-11-12-29-16-9-7-15(28-2)8-10-16)13-20(24-14)25-18-6-4-3-5-17(18)21(26)27/h3-10,13H,11-12H2,1-2H3,(H,26,27)(H2,22,23,24,25). The van der Waals surface area contributed by atoms with E-state index in [1.54, 1.807) is 38.3 Å². The number of nitrogens with zero attached hydrogens (tertiary/aromatic N) is 2. The molecule has 0 radical (unpaired) electrons. The van der Waals surface area contributed by atoms with Crippen LogP contribution in [0.2, 0.25) is 0 Å². The van der Waals surface area contributed by atoms with E-state index in [1.165, 1.54) is 6.07 Å². The molecule has 8 nitrogen and oxygen atoms in total. The average Bonchev–Trinajstić information content (AvgIpc) is 2.71. The smallest absolute Gasteiger partial charge is 0.337 e. The zero-order chi connectivity index (χ0) is 20.6. The number of carboxylic acid groups (broad SMARTS) is 1. The van der Waals surface area contributed by atoms with Crippen molar-refractivity contribution in [1.29, 1.82) is 0 Å². The molecule has 0 bridgehead atoms. The van der Waals surface area contributed by atoms with Crippen molar-refractivity contribution in [2.45, 2.75) is 6.92 Å². The van der Waals surface area contributed by atoms with E-state index in [4.69, 9.17) is 9.47 Å². The molecule has 0 aliphatic heterocycles. The third-order valence-electron chi connectivity index (χ3n) is 3.99. The number of carboxylic acids is 1. The molecule has 150 valence electrons. The summed E-state index contributed by atoms with van der Waals surface area (Å²) in [5.41, 5.74) is 0.637. The Kier molecular flexibility index (Phi) is 6.47. The van der Waals surface area contributed by atoms with Crippen molar-refractivity contribution in [2.75, 3.05) is 30.9 Å². The molecule has 3 rings (SSSR count). The van der Waals surface area contributed by atoms with Crippen LogP contribution in [-0.4, -0.2) is 41.3 Å². The van der Waals surface area contributed by atoms with Crippen molar-refractivity contribution in [3.05, 3.63) is 66.0 Å². The Morgan fingerprint density at radius 2 is 1.72 bits per heavy atom. The van der Waals surface area contributed by atoms with Gasteiger partial charge in [0.15, 0.2) is 0 Å². The maximum absolute atomic E-state index is 11.4. The number of rotatable bonds is 9. The fourth-order valence-corrected chi connectivity index (χ4v) is 2.66. The Bertz CT molecular complexity index is 977. The highest BCUT2D eigenvalue weighted by Gasteiger charge is 2.10. The molecule has 3 N–H and O–H groups in total. The van der Waals surface area contributed by atoms with Crippen LogP contribution >= 0.6 is 0 Å². The second kappa shape index (κ2) is 9.41. The molecule has 2 aromatic carbocycles. The van der Waals surface area contributed by atoms with E-state index >= 15 is 0 Å². The van der Waals surface area contributed by atoms with Gasteiger partial charge in [0, 0.05) is 6.07 Å². The van der Waals surface area contributed by atoms with Gasteiger partial charge in [-0.15, -0.1) is 0 Å². The zero-order valence-electron chi connectivity index (χ0n) is 16.2. The summed E-state index contributed by atoms with van der Waals surface area (Å²) in [7, 11) is 1.62. The minimum atomic E-state index is -1.01. The third-order valence-corrected chi connectivity index (χ3v) is 3.99. The molecule has 1 aromatic heterocycles. The van der Waals surface area contributed by atoms with Crippen molar-refractivity contribution in [1.82, 2.24) is 9.97 Å². The highest BCUT2D eigenvalue weighted by atomic mass is 16.5. The van der Waals surface area contributed by atoms with Crippen LogP contribution in [0.25, 0.3) is 0 Å². The van der Waals surface area contributed by atoms with Gasteiger partial charge in [0.25, 0.3) is 0 Å². The second-order valence-electron chi connectivity index (χ2n) is 6.11. The molecule has 1 heterocycles. The van der Waals surface area contributed by atoms with Crippen LogP contribution in [0, 0.1) is 6.92 Å². The molecule has 0 saturated carbocycles. The predicted octanol–water partition coefficient (Wildman–Crippen LogP) is 3.73.